The summed E-state index contributed by atoms with van der Waals surface area (Å²) in [7, 11) is 0. The molecule has 19 heavy (non-hydrogen) atoms. The van der Waals surface area contributed by atoms with Crippen LogP contribution < -0.4 is 0 Å². The van der Waals surface area contributed by atoms with Crippen LogP contribution in [0.15, 0.2) is 30.5 Å². The minimum absolute atomic E-state index is 0.409. The van der Waals surface area contributed by atoms with Crippen LogP contribution in [0.4, 0.5) is 14.6 Å². The number of carbonyl (C=O) groups is 1. The number of nitro groups is 1. The molecular weight excluding hydrogens is 260 g/mol. The van der Waals surface area contributed by atoms with Gasteiger partial charge in [0.15, 0.2) is 5.78 Å². The van der Waals surface area contributed by atoms with Crippen molar-refractivity contribution in [3.8, 4) is 0 Å². The van der Waals surface area contributed by atoms with Crippen LogP contribution in [0.1, 0.15) is 10.4 Å². The van der Waals surface area contributed by atoms with Crippen molar-refractivity contribution in [2.24, 2.45) is 0 Å². The Balaban J connectivity index is 2.20. The first-order valence-electron chi connectivity index (χ1n) is 5.13. The van der Waals surface area contributed by atoms with Crippen molar-refractivity contribution in [1.29, 1.82) is 0 Å². The monoisotopic (exact) mass is 267 g/mol. The molecule has 1 aromatic heterocycles. The fraction of sp³-hybridized carbons (Fsp3) is 0.0909. The molecule has 0 spiro atoms. The quantitative estimate of drug-likeness (QED) is 0.482. The van der Waals surface area contributed by atoms with Crippen LogP contribution in [0.25, 0.3) is 0 Å². The summed E-state index contributed by atoms with van der Waals surface area (Å²) in [6.45, 7) is -0.409. The van der Waals surface area contributed by atoms with Gasteiger partial charge in [0, 0.05) is 0 Å². The van der Waals surface area contributed by atoms with Crippen molar-refractivity contribution in [1.82, 2.24) is 9.78 Å². The number of ketones is 1. The highest BCUT2D eigenvalue weighted by atomic mass is 19.1. The number of benzene rings is 1. The second kappa shape index (κ2) is 4.92. The molecule has 0 radical (unpaired) electrons. The van der Waals surface area contributed by atoms with Crippen molar-refractivity contribution in [3.05, 3.63) is 57.8 Å². The van der Waals surface area contributed by atoms with Gasteiger partial charge in [-0.2, -0.15) is 4.68 Å². The molecule has 0 fully saturated rings. The van der Waals surface area contributed by atoms with E-state index in [1.807, 2.05) is 0 Å². The standard InChI is InChI=1S/C11H7F2N3O3/c12-7-1-2-9(13)8(5-7)10(17)6-15-4-3-11(14-15)16(18)19/h1-5H,6H2. The minimum Gasteiger partial charge on any atom is -0.358 e. The van der Waals surface area contributed by atoms with Gasteiger partial charge in [0.25, 0.3) is 0 Å². The van der Waals surface area contributed by atoms with Gasteiger partial charge in [0.2, 0.25) is 0 Å². The number of carbonyl (C=O) groups excluding carboxylic acids is 1. The van der Waals surface area contributed by atoms with Gasteiger partial charge >= 0.3 is 5.82 Å². The molecule has 2 aromatic rings. The van der Waals surface area contributed by atoms with Gasteiger partial charge in [-0.15, -0.1) is 0 Å². The topological polar surface area (TPSA) is 78.0 Å². The molecular formula is C11H7F2N3O3. The molecule has 0 saturated carbocycles. The Morgan fingerprint density at radius 1 is 1.37 bits per heavy atom. The first kappa shape index (κ1) is 12.8. The molecule has 0 N–H and O–H groups in total. The van der Waals surface area contributed by atoms with Gasteiger partial charge in [-0.1, -0.05) is 0 Å². The number of hydrogen-bond acceptors (Lipinski definition) is 4. The van der Waals surface area contributed by atoms with Gasteiger partial charge in [-0.25, -0.2) is 8.78 Å². The van der Waals surface area contributed by atoms with Crippen molar-refractivity contribution >= 4 is 11.6 Å². The summed E-state index contributed by atoms with van der Waals surface area (Å²) in [5.41, 5.74) is -0.418. The molecule has 98 valence electrons. The van der Waals surface area contributed by atoms with E-state index in [0.29, 0.717) is 0 Å². The Labute approximate surface area is 105 Å². The lowest BCUT2D eigenvalue weighted by Gasteiger charge is -2.01. The zero-order valence-corrected chi connectivity index (χ0v) is 9.42. The predicted molar refractivity (Wildman–Crippen MR) is 59.6 cm³/mol. The fourth-order valence-corrected chi connectivity index (χ4v) is 1.48. The SMILES string of the molecule is O=C(Cn1ccc([N+](=O)[O-])n1)c1cc(F)ccc1F. The van der Waals surface area contributed by atoms with Crippen molar-refractivity contribution in [2.75, 3.05) is 0 Å². The highest BCUT2D eigenvalue weighted by Crippen LogP contribution is 2.12. The van der Waals surface area contributed by atoms with Gasteiger partial charge in [-0.3, -0.25) is 4.79 Å². The highest BCUT2D eigenvalue weighted by Gasteiger charge is 2.17. The molecule has 6 nitrogen and oxygen atoms in total. The molecule has 0 atom stereocenters. The third-order valence-electron chi connectivity index (χ3n) is 2.35. The highest BCUT2D eigenvalue weighted by molar-refractivity contribution is 5.96. The van der Waals surface area contributed by atoms with E-state index in [9.17, 15) is 23.7 Å². The number of hydrogen-bond donors (Lipinski definition) is 0. The van der Waals surface area contributed by atoms with E-state index < -0.39 is 40.3 Å². The molecule has 0 aliphatic rings. The minimum atomic E-state index is -0.854. The third-order valence-corrected chi connectivity index (χ3v) is 2.35. The predicted octanol–water partition coefficient (Wildman–Crippen LogP) is 1.95. The fourth-order valence-electron chi connectivity index (χ4n) is 1.48. The molecule has 2 rings (SSSR count). The first-order valence-corrected chi connectivity index (χ1v) is 5.13. The van der Waals surface area contributed by atoms with Crippen LogP contribution in [0.2, 0.25) is 0 Å². The summed E-state index contributed by atoms with van der Waals surface area (Å²) < 4.78 is 27.2. The Hall–Kier alpha value is -2.64. The molecule has 0 aliphatic carbocycles. The summed E-state index contributed by atoms with van der Waals surface area (Å²) in [4.78, 5) is 21.4. The number of Topliss-reactive ketones (excluding diaryl/α,β-unsaturated/α-hetero) is 1. The van der Waals surface area contributed by atoms with Crippen molar-refractivity contribution < 1.29 is 18.5 Å². The lowest BCUT2D eigenvalue weighted by molar-refractivity contribution is -0.389. The number of nitrogens with zero attached hydrogens (tertiary/aromatic N) is 3. The molecule has 1 heterocycles. The first-order chi connectivity index (χ1) is 8.97. The largest absolute Gasteiger partial charge is 0.389 e. The Kier molecular flexibility index (Phi) is 3.32. The zero-order chi connectivity index (χ0) is 14.0. The smallest absolute Gasteiger partial charge is 0.358 e. The van der Waals surface area contributed by atoms with Gasteiger partial charge in [-0.05, 0) is 23.1 Å². The van der Waals surface area contributed by atoms with E-state index in [1.54, 1.807) is 0 Å². The maximum Gasteiger partial charge on any atom is 0.389 e. The van der Waals surface area contributed by atoms with E-state index in [-0.39, 0.29) is 0 Å². The molecule has 0 saturated heterocycles. The van der Waals surface area contributed by atoms with Crippen LogP contribution in [0.5, 0.6) is 0 Å². The summed E-state index contributed by atoms with van der Waals surface area (Å²) in [5, 5.41) is 13.9. The van der Waals surface area contributed by atoms with E-state index in [0.717, 1.165) is 28.9 Å². The normalized spacial score (nSPS) is 10.4. The number of halogens is 2. The maximum absolute atomic E-state index is 13.3. The molecule has 8 heteroatoms. The van der Waals surface area contributed by atoms with E-state index in [2.05, 4.69) is 5.10 Å². The van der Waals surface area contributed by atoms with Gasteiger partial charge < -0.3 is 10.1 Å². The number of rotatable bonds is 4. The van der Waals surface area contributed by atoms with Crippen LogP contribution in [-0.2, 0) is 6.54 Å². The average Bonchev–Trinajstić information content (AvgIpc) is 2.80. The third kappa shape index (κ3) is 2.79. The van der Waals surface area contributed by atoms with Crippen molar-refractivity contribution in [2.45, 2.75) is 6.54 Å². The second-order valence-corrected chi connectivity index (χ2v) is 3.68. The Morgan fingerprint density at radius 2 is 2.11 bits per heavy atom. The summed E-state index contributed by atoms with van der Waals surface area (Å²) in [5.74, 6) is -2.74. The van der Waals surface area contributed by atoms with Crippen LogP contribution in [-0.4, -0.2) is 20.5 Å². The van der Waals surface area contributed by atoms with E-state index in [4.69, 9.17) is 0 Å². The molecule has 1 aromatic carbocycles. The van der Waals surface area contributed by atoms with Crippen LogP contribution >= 0.6 is 0 Å². The van der Waals surface area contributed by atoms with E-state index >= 15 is 0 Å². The second-order valence-electron chi connectivity index (χ2n) is 3.68. The van der Waals surface area contributed by atoms with Crippen LogP contribution in [0, 0.1) is 21.7 Å². The Bertz CT molecular complexity index is 654. The molecule has 0 bridgehead atoms. The summed E-state index contributed by atoms with van der Waals surface area (Å²) in [6, 6.07) is 3.61. The molecule has 0 unspecified atom stereocenters. The van der Waals surface area contributed by atoms with Gasteiger partial charge in [0.05, 0.1) is 22.9 Å². The zero-order valence-electron chi connectivity index (χ0n) is 9.42. The maximum atomic E-state index is 13.3. The van der Waals surface area contributed by atoms with Crippen molar-refractivity contribution in [3.63, 3.8) is 0 Å². The lowest BCUT2D eigenvalue weighted by Crippen LogP contribution is -2.13. The van der Waals surface area contributed by atoms with Crippen LogP contribution in [0.3, 0.4) is 0 Å². The molecule has 0 amide bonds. The lowest BCUT2D eigenvalue weighted by atomic mass is 10.1. The number of aromatic nitrogens is 2. The average molecular weight is 267 g/mol. The summed E-state index contributed by atoms with van der Waals surface area (Å²) in [6.07, 6.45) is 1.22. The Morgan fingerprint density at radius 3 is 2.74 bits per heavy atom. The molecule has 0 aliphatic heterocycles. The summed E-state index contributed by atoms with van der Waals surface area (Å²) >= 11 is 0. The van der Waals surface area contributed by atoms with E-state index in [1.165, 1.54) is 6.20 Å². The van der Waals surface area contributed by atoms with Gasteiger partial charge in [0.1, 0.15) is 18.2 Å².